The molecule has 4 heteroatoms. The molecule has 0 aliphatic carbocycles. The molecule has 0 aromatic heterocycles. The molecule has 0 aliphatic rings. The Labute approximate surface area is 221 Å². The predicted octanol–water partition coefficient (Wildman–Crippen LogP) is 8.86. The van der Waals surface area contributed by atoms with Crippen molar-refractivity contribution in [2.24, 2.45) is 5.41 Å². The summed E-state index contributed by atoms with van der Waals surface area (Å²) in [7, 11) is 0. The molecule has 2 unspecified atom stereocenters. The monoisotopic (exact) mass is 508 g/mol. The minimum absolute atomic E-state index is 0.154. The van der Waals surface area contributed by atoms with Gasteiger partial charge in [-0.2, -0.15) is 0 Å². The molecule has 1 rings (SSSR count). The van der Waals surface area contributed by atoms with E-state index < -0.39 is 11.2 Å². The fourth-order valence-corrected chi connectivity index (χ4v) is 5.22. The van der Waals surface area contributed by atoms with E-state index in [-0.39, 0.29) is 11.5 Å². The van der Waals surface area contributed by atoms with Gasteiger partial charge in [0, 0.05) is 6.61 Å². The summed E-state index contributed by atoms with van der Waals surface area (Å²) in [4.78, 5) is 0. The fourth-order valence-electron chi connectivity index (χ4n) is 4.41. The molecule has 204 valence electrons. The minimum atomic E-state index is -0.569. The zero-order chi connectivity index (χ0) is 25.6. The summed E-state index contributed by atoms with van der Waals surface area (Å²) in [5.74, 6) is 1.72. The Morgan fingerprint density at radius 3 is 1.80 bits per heavy atom. The van der Waals surface area contributed by atoms with Crippen LogP contribution in [0.3, 0.4) is 0 Å². The van der Waals surface area contributed by atoms with Crippen molar-refractivity contribution in [3.8, 4) is 0 Å². The van der Waals surface area contributed by atoms with E-state index in [9.17, 15) is 4.55 Å². The van der Waals surface area contributed by atoms with Gasteiger partial charge in [-0.3, -0.25) is 0 Å². The Balaban J connectivity index is 1.92. The number of benzene rings is 1. The molecular formula is C31H56O3S. The van der Waals surface area contributed by atoms with Crippen molar-refractivity contribution in [2.75, 3.05) is 24.7 Å². The molecule has 35 heavy (non-hydrogen) atoms. The second-order valence-electron chi connectivity index (χ2n) is 11.3. The van der Waals surface area contributed by atoms with Crippen molar-refractivity contribution >= 4 is 11.2 Å². The van der Waals surface area contributed by atoms with Crippen molar-refractivity contribution in [1.29, 1.82) is 0 Å². The molecule has 0 N–H and O–H groups in total. The number of hydrogen-bond donors (Lipinski definition) is 0. The van der Waals surface area contributed by atoms with Gasteiger partial charge >= 0.3 is 0 Å². The highest BCUT2D eigenvalue weighted by Crippen LogP contribution is 2.23. The van der Waals surface area contributed by atoms with Gasteiger partial charge in [0.25, 0.3) is 0 Å². The first kappa shape index (κ1) is 32.5. The highest BCUT2D eigenvalue weighted by atomic mass is 32.2. The van der Waals surface area contributed by atoms with Crippen LogP contribution < -0.4 is 0 Å². The minimum Gasteiger partial charge on any atom is -0.616 e. The van der Waals surface area contributed by atoms with Gasteiger partial charge < -0.3 is 14.0 Å². The summed E-state index contributed by atoms with van der Waals surface area (Å²) in [6, 6.07) is 10.4. The molecule has 1 aromatic rings. The molecular weight excluding hydrogens is 452 g/mol. The standard InChI is InChI=1S/C31H56O3S/c1-5-35(32)25-21-16-14-12-10-8-6-7-9-11-13-15-20-24-33-28-30(26-31(2,3)4)34-27-29-22-18-17-19-23-29/h17-19,22-23,30H,5-16,20-21,24-28H2,1-4H3. The Morgan fingerprint density at radius 1 is 0.771 bits per heavy atom. The summed E-state index contributed by atoms with van der Waals surface area (Å²) in [6.07, 6.45) is 18.3. The second-order valence-corrected chi connectivity index (χ2v) is 13.2. The van der Waals surface area contributed by atoms with Crippen LogP contribution in [0.4, 0.5) is 0 Å². The smallest absolute Gasteiger partial charge is 0.105 e. The van der Waals surface area contributed by atoms with Crippen molar-refractivity contribution in [2.45, 2.75) is 130 Å². The molecule has 2 atom stereocenters. The van der Waals surface area contributed by atoms with Gasteiger partial charge in [-0.25, -0.2) is 0 Å². The maximum atomic E-state index is 11.4. The first-order valence-electron chi connectivity index (χ1n) is 14.5. The highest BCUT2D eigenvalue weighted by Gasteiger charge is 2.19. The Morgan fingerprint density at radius 2 is 1.29 bits per heavy atom. The normalized spacial score (nSPS) is 13.7. The summed E-state index contributed by atoms with van der Waals surface area (Å²) < 4.78 is 23.6. The van der Waals surface area contributed by atoms with Crippen molar-refractivity contribution in [3.05, 3.63) is 35.9 Å². The molecule has 0 saturated carbocycles. The van der Waals surface area contributed by atoms with Crippen LogP contribution in [0.1, 0.15) is 123 Å². The fraction of sp³-hybridized carbons (Fsp3) is 0.806. The lowest BCUT2D eigenvalue weighted by Crippen LogP contribution is -2.26. The van der Waals surface area contributed by atoms with Crippen LogP contribution in [0.15, 0.2) is 30.3 Å². The van der Waals surface area contributed by atoms with E-state index in [0.717, 1.165) is 37.4 Å². The average molecular weight is 509 g/mol. The van der Waals surface area contributed by atoms with Crippen LogP contribution >= 0.6 is 0 Å². The van der Waals surface area contributed by atoms with Crippen LogP contribution in [0.5, 0.6) is 0 Å². The van der Waals surface area contributed by atoms with Gasteiger partial charge in [-0.05, 0) is 43.6 Å². The third-order valence-corrected chi connectivity index (χ3v) is 7.84. The van der Waals surface area contributed by atoms with Crippen LogP contribution in [0, 0.1) is 5.41 Å². The van der Waals surface area contributed by atoms with E-state index in [2.05, 4.69) is 45.0 Å². The molecule has 0 heterocycles. The van der Waals surface area contributed by atoms with Crippen LogP contribution in [0.2, 0.25) is 0 Å². The molecule has 1 aromatic carbocycles. The number of hydrogen-bond acceptors (Lipinski definition) is 3. The van der Waals surface area contributed by atoms with Crippen molar-refractivity contribution in [3.63, 3.8) is 0 Å². The van der Waals surface area contributed by atoms with E-state index in [1.807, 2.05) is 13.0 Å². The SMILES string of the molecule is CC[S+]([O-])CCCCCCCCCCCCCCCOCC(CC(C)(C)C)OCc1ccccc1. The molecule has 0 aliphatic heterocycles. The first-order valence-corrected chi connectivity index (χ1v) is 16.0. The summed E-state index contributed by atoms with van der Waals surface area (Å²) in [5.41, 5.74) is 1.46. The van der Waals surface area contributed by atoms with Gasteiger partial charge in [0.15, 0.2) is 0 Å². The predicted molar refractivity (Wildman–Crippen MR) is 153 cm³/mol. The summed E-state index contributed by atoms with van der Waals surface area (Å²) in [5, 5.41) is 0. The zero-order valence-corrected chi connectivity index (χ0v) is 24.3. The van der Waals surface area contributed by atoms with Gasteiger partial charge in [-0.1, -0.05) is 126 Å². The third kappa shape index (κ3) is 21.3. The largest absolute Gasteiger partial charge is 0.616 e. The van der Waals surface area contributed by atoms with Gasteiger partial charge in [-0.15, -0.1) is 0 Å². The van der Waals surface area contributed by atoms with Crippen LogP contribution in [-0.2, 0) is 27.3 Å². The molecule has 3 nitrogen and oxygen atoms in total. The third-order valence-electron chi connectivity index (χ3n) is 6.45. The van der Waals surface area contributed by atoms with E-state index in [4.69, 9.17) is 9.47 Å². The Hall–Kier alpha value is -0.550. The second kappa shape index (κ2) is 21.5. The molecule has 0 spiro atoms. The number of rotatable bonds is 23. The quantitative estimate of drug-likeness (QED) is 0.109. The zero-order valence-electron chi connectivity index (χ0n) is 23.5. The van der Waals surface area contributed by atoms with E-state index in [1.165, 1.54) is 76.2 Å². The Bertz CT molecular complexity index is 572. The van der Waals surface area contributed by atoms with E-state index in [1.54, 1.807) is 0 Å². The van der Waals surface area contributed by atoms with Crippen molar-refractivity contribution in [1.82, 2.24) is 0 Å². The lowest BCUT2D eigenvalue weighted by Gasteiger charge is -2.26. The van der Waals surface area contributed by atoms with Gasteiger partial charge in [0.05, 0.1) is 19.3 Å². The summed E-state index contributed by atoms with van der Waals surface area (Å²) in [6.45, 7) is 11.0. The number of ether oxygens (including phenoxy) is 2. The van der Waals surface area contributed by atoms with Crippen LogP contribution in [-0.4, -0.2) is 35.4 Å². The average Bonchev–Trinajstić information content (AvgIpc) is 2.83. The molecule has 0 fully saturated rings. The Kier molecular flexibility index (Phi) is 20.0. The lowest BCUT2D eigenvalue weighted by atomic mass is 9.89. The van der Waals surface area contributed by atoms with Gasteiger partial charge in [0.2, 0.25) is 0 Å². The molecule has 0 saturated heterocycles. The molecule has 0 amide bonds. The lowest BCUT2D eigenvalue weighted by molar-refractivity contribution is -0.0430. The topological polar surface area (TPSA) is 41.5 Å². The number of unbranched alkanes of at least 4 members (excludes halogenated alkanes) is 12. The van der Waals surface area contributed by atoms with Gasteiger partial charge in [0.1, 0.15) is 11.5 Å². The summed E-state index contributed by atoms with van der Waals surface area (Å²) >= 11 is -0.569. The first-order chi connectivity index (χ1) is 16.9. The van der Waals surface area contributed by atoms with Crippen molar-refractivity contribution < 1.29 is 14.0 Å². The maximum Gasteiger partial charge on any atom is 0.105 e. The van der Waals surface area contributed by atoms with Crippen LogP contribution in [0.25, 0.3) is 0 Å². The molecule has 0 bridgehead atoms. The highest BCUT2D eigenvalue weighted by molar-refractivity contribution is 7.91. The van der Waals surface area contributed by atoms with E-state index >= 15 is 0 Å². The molecule has 0 radical (unpaired) electrons. The van der Waals surface area contributed by atoms with E-state index in [0.29, 0.717) is 13.2 Å². The maximum absolute atomic E-state index is 11.4.